The van der Waals surface area contributed by atoms with Crippen LogP contribution in [0.15, 0.2) is 53.4 Å². The highest BCUT2D eigenvalue weighted by Crippen LogP contribution is 2.37. The lowest BCUT2D eigenvalue weighted by Crippen LogP contribution is -2.39. The number of thioether (sulfide) groups is 1. The molecule has 202 valence electrons. The monoisotopic (exact) mass is 562 g/mol. The predicted octanol–water partition coefficient (Wildman–Crippen LogP) is 6.20. The van der Waals surface area contributed by atoms with Crippen molar-refractivity contribution in [2.24, 2.45) is 0 Å². The number of fused-ring (bicyclic) bond motifs is 1. The maximum atomic E-state index is 12.8. The van der Waals surface area contributed by atoms with E-state index in [0.717, 1.165) is 20.9 Å². The van der Waals surface area contributed by atoms with E-state index in [1.54, 1.807) is 17.0 Å². The zero-order chi connectivity index (χ0) is 28.2. The van der Waals surface area contributed by atoms with Gasteiger partial charge >= 0.3 is 6.09 Å². The number of nitriles is 1. The third kappa shape index (κ3) is 7.40. The molecule has 2 N–H and O–H groups in total. The zero-order valence-electron chi connectivity index (χ0n) is 22.3. The number of nitrogens with zero attached hydrogens (tertiary/aromatic N) is 2. The quantitative estimate of drug-likeness (QED) is 0.346. The van der Waals surface area contributed by atoms with Crippen molar-refractivity contribution < 1.29 is 19.1 Å². The number of aryl methyl sites for hydroxylation is 1. The predicted molar refractivity (Wildman–Crippen MR) is 154 cm³/mol. The van der Waals surface area contributed by atoms with Crippen LogP contribution >= 0.6 is 23.1 Å². The minimum Gasteiger partial charge on any atom is -0.444 e. The van der Waals surface area contributed by atoms with E-state index in [-0.39, 0.29) is 23.7 Å². The van der Waals surface area contributed by atoms with Crippen molar-refractivity contribution in [3.05, 3.63) is 75.7 Å². The number of ether oxygens (including phenoxy) is 1. The maximum absolute atomic E-state index is 12.8. The highest BCUT2D eigenvalue weighted by Gasteiger charge is 2.30. The van der Waals surface area contributed by atoms with Crippen LogP contribution in [-0.4, -0.2) is 40.7 Å². The normalized spacial score (nSPS) is 12.7. The van der Waals surface area contributed by atoms with Gasteiger partial charge in [-0.3, -0.25) is 9.59 Å². The number of carbonyl (C=O) groups is 3. The Hall–Kier alpha value is -3.81. The molecule has 2 aromatic carbocycles. The molecule has 2 heterocycles. The average molecular weight is 563 g/mol. The van der Waals surface area contributed by atoms with Crippen molar-refractivity contribution in [2.75, 3.05) is 22.9 Å². The van der Waals surface area contributed by atoms with Crippen molar-refractivity contribution in [2.45, 2.75) is 51.2 Å². The summed E-state index contributed by atoms with van der Waals surface area (Å²) in [5, 5.41) is 16.0. The lowest BCUT2D eigenvalue weighted by Gasteiger charge is -2.29. The Morgan fingerprint density at radius 1 is 1.13 bits per heavy atom. The maximum Gasteiger partial charge on any atom is 0.410 e. The van der Waals surface area contributed by atoms with Crippen LogP contribution in [-0.2, 0) is 22.5 Å². The number of carbonyl (C=O) groups excluding carboxylic acids is 3. The number of thiophene rings is 1. The van der Waals surface area contributed by atoms with E-state index < -0.39 is 5.60 Å². The number of rotatable bonds is 6. The lowest BCUT2D eigenvalue weighted by atomic mass is 10.0. The summed E-state index contributed by atoms with van der Waals surface area (Å²) in [6.45, 7) is 8.19. The third-order valence-corrected chi connectivity index (χ3v) is 7.94. The van der Waals surface area contributed by atoms with E-state index >= 15 is 0 Å². The molecule has 0 radical (unpaired) electrons. The standard InChI is InChI=1S/C29H30N4O4S2/c1-18-7-5-8-19(13-18)26(35)31-20-9-6-10-21(14-20)38-17-25(34)32-27-23(15-30)22-11-12-33(16-24(22)39-27)28(36)37-29(2,3)4/h5-10,13-14H,11-12,16-17H2,1-4H3,(H,31,35)(H,32,34). The largest absolute Gasteiger partial charge is 0.444 e. The molecule has 0 bridgehead atoms. The first-order chi connectivity index (χ1) is 18.5. The Labute approximate surface area is 236 Å². The highest BCUT2D eigenvalue weighted by molar-refractivity contribution is 8.00. The van der Waals surface area contributed by atoms with Crippen LogP contribution in [0, 0.1) is 18.3 Å². The molecule has 8 nitrogen and oxygen atoms in total. The fourth-order valence-corrected chi connectivity index (χ4v) is 6.04. The van der Waals surface area contributed by atoms with Crippen molar-refractivity contribution in [3.8, 4) is 6.07 Å². The average Bonchev–Trinajstić information content (AvgIpc) is 3.22. The van der Waals surface area contributed by atoms with Gasteiger partial charge in [-0.05, 0) is 70.0 Å². The van der Waals surface area contributed by atoms with E-state index in [9.17, 15) is 19.6 Å². The Bertz CT molecular complexity index is 1450. The molecule has 1 aliphatic heterocycles. The van der Waals surface area contributed by atoms with Crippen molar-refractivity contribution >= 4 is 51.7 Å². The van der Waals surface area contributed by atoms with Crippen LogP contribution in [0.4, 0.5) is 15.5 Å². The van der Waals surface area contributed by atoms with Gasteiger partial charge in [0.1, 0.15) is 16.7 Å². The van der Waals surface area contributed by atoms with Gasteiger partial charge in [0.15, 0.2) is 0 Å². The first-order valence-corrected chi connectivity index (χ1v) is 14.3. The summed E-state index contributed by atoms with van der Waals surface area (Å²) in [6, 6.07) is 16.9. The van der Waals surface area contributed by atoms with Crippen molar-refractivity contribution in [3.63, 3.8) is 0 Å². The fourth-order valence-electron chi connectivity index (χ4n) is 4.06. The van der Waals surface area contributed by atoms with Gasteiger partial charge in [-0.25, -0.2) is 4.79 Å². The number of benzene rings is 2. The lowest BCUT2D eigenvalue weighted by molar-refractivity contribution is -0.113. The van der Waals surface area contributed by atoms with Crippen LogP contribution in [0.1, 0.15) is 52.7 Å². The number of nitrogens with one attached hydrogen (secondary N) is 2. The summed E-state index contributed by atoms with van der Waals surface area (Å²) in [4.78, 5) is 41.2. The summed E-state index contributed by atoms with van der Waals surface area (Å²) in [5.41, 5.74) is 2.96. The second-order valence-electron chi connectivity index (χ2n) is 10.2. The first-order valence-electron chi connectivity index (χ1n) is 12.5. The minimum atomic E-state index is -0.590. The summed E-state index contributed by atoms with van der Waals surface area (Å²) < 4.78 is 5.48. The second-order valence-corrected chi connectivity index (χ2v) is 12.3. The van der Waals surface area contributed by atoms with E-state index in [1.807, 2.05) is 64.1 Å². The van der Waals surface area contributed by atoms with E-state index in [0.29, 0.717) is 41.3 Å². The smallest absolute Gasteiger partial charge is 0.410 e. The van der Waals surface area contributed by atoms with Crippen LogP contribution in [0.3, 0.4) is 0 Å². The molecule has 0 saturated heterocycles. The van der Waals surface area contributed by atoms with Crippen LogP contribution < -0.4 is 10.6 Å². The first kappa shape index (κ1) is 28.2. The van der Waals surface area contributed by atoms with Gasteiger partial charge in [0.2, 0.25) is 5.91 Å². The summed E-state index contributed by atoms with van der Waals surface area (Å²) in [7, 11) is 0. The molecule has 39 heavy (non-hydrogen) atoms. The van der Waals surface area contributed by atoms with Gasteiger partial charge < -0.3 is 20.3 Å². The topological polar surface area (TPSA) is 112 Å². The Morgan fingerprint density at radius 3 is 2.62 bits per heavy atom. The molecule has 0 aliphatic carbocycles. The molecule has 4 rings (SSSR count). The Balaban J connectivity index is 1.36. The van der Waals surface area contributed by atoms with E-state index in [2.05, 4.69) is 16.7 Å². The molecule has 0 spiro atoms. The number of amides is 3. The van der Waals surface area contributed by atoms with Gasteiger partial charge in [-0.1, -0.05) is 23.8 Å². The summed E-state index contributed by atoms with van der Waals surface area (Å²) in [6.07, 6.45) is 0.138. The molecular formula is C29H30N4O4S2. The van der Waals surface area contributed by atoms with Gasteiger partial charge in [0, 0.05) is 27.6 Å². The molecule has 0 atom stereocenters. The van der Waals surface area contributed by atoms with Gasteiger partial charge in [0.25, 0.3) is 5.91 Å². The highest BCUT2D eigenvalue weighted by atomic mass is 32.2. The molecule has 3 aromatic rings. The molecule has 0 unspecified atom stereocenters. The number of hydrogen-bond acceptors (Lipinski definition) is 7. The second kappa shape index (κ2) is 11.9. The van der Waals surface area contributed by atoms with Crippen LogP contribution in [0.25, 0.3) is 0 Å². The van der Waals surface area contributed by atoms with Gasteiger partial charge in [0.05, 0.1) is 17.9 Å². The van der Waals surface area contributed by atoms with Gasteiger partial charge in [-0.15, -0.1) is 23.1 Å². The SMILES string of the molecule is Cc1cccc(C(=O)Nc2cccc(SCC(=O)Nc3sc4c(c3C#N)CCN(C(=O)OC(C)(C)C)C4)c2)c1. The van der Waals surface area contributed by atoms with Gasteiger partial charge in [-0.2, -0.15) is 5.26 Å². The minimum absolute atomic E-state index is 0.132. The van der Waals surface area contributed by atoms with Crippen LogP contribution in [0.5, 0.6) is 0 Å². The fraction of sp³-hybridized carbons (Fsp3) is 0.310. The zero-order valence-corrected chi connectivity index (χ0v) is 23.9. The van der Waals surface area contributed by atoms with Crippen molar-refractivity contribution in [1.29, 1.82) is 5.26 Å². The molecule has 3 amide bonds. The number of anilines is 2. The molecule has 1 aromatic heterocycles. The molecule has 10 heteroatoms. The molecule has 1 aliphatic rings. The summed E-state index contributed by atoms with van der Waals surface area (Å²) in [5.74, 6) is -0.310. The van der Waals surface area contributed by atoms with E-state index in [4.69, 9.17) is 4.74 Å². The van der Waals surface area contributed by atoms with Crippen molar-refractivity contribution in [1.82, 2.24) is 4.90 Å². The molecule has 0 fully saturated rings. The molecular weight excluding hydrogens is 532 g/mol. The molecule has 0 saturated carbocycles. The Kier molecular flexibility index (Phi) is 8.63. The van der Waals surface area contributed by atoms with Crippen LogP contribution in [0.2, 0.25) is 0 Å². The summed E-state index contributed by atoms with van der Waals surface area (Å²) >= 11 is 2.66. The Morgan fingerprint density at radius 2 is 1.90 bits per heavy atom. The third-order valence-electron chi connectivity index (χ3n) is 5.82. The van der Waals surface area contributed by atoms with E-state index in [1.165, 1.54) is 23.1 Å². The number of hydrogen-bond donors (Lipinski definition) is 2.